The van der Waals surface area contributed by atoms with Gasteiger partial charge in [-0.05, 0) is 16.3 Å². The van der Waals surface area contributed by atoms with Gasteiger partial charge in [-0.2, -0.15) is 13.2 Å². The Morgan fingerprint density at radius 2 is 1.57 bits per heavy atom. The number of hydrogen-bond donors (Lipinski definition) is 0. The first-order chi connectivity index (χ1) is 13.4. The number of benzene rings is 3. The van der Waals surface area contributed by atoms with E-state index in [-0.39, 0.29) is 12.2 Å². The lowest BCUT2D eigenvalue weighted by molar-refractivity contribution is -0.0887. The zero-order chi connectivity index (χ0) is 19.7. The summed E-state index contributed by atoms with van der Waals surface area (Å²) in [6.45, 7) is 0.184. The van der Waals surface area contributed by atoms with Crippen molar-refractivity contribution in [3.63, 3.8) is 0 Å². The van der Waals surface area contributed by atoms with E-state index < -0.39 is 17.7 Å². The first-order valence-corrected chi connectivity index (χ1v) is 8.52. The van der Waals surface area contributed by atoms with E-state index >= 15 is 0 Å². The predicted octanol–water partition coefficient (Wildman–Crippen LogP) is 4.89. The summed E-state index contributed by atoms with van der Waals surface area (Å²) in [6.07, 6.45) is -5.02. The second-order valence-electron chi connectivity index (χ2n) is 6.28. The molecular weight excluding hydrogens is 367 g/mol. The van der Waals surface area contributed by atoms with Gasteiger partial charge in [-0.15, -0.1) is 5.10 Å². The first kappa shape index (κ1) is 17.9. The van der Waals surface area contributed by atoms with Gasteiger partial charge in [0, 0.05) is 5.56 Å². The van der Waals surface area contributed by atoms with Crippen LogP contribution in [-0.2, 0) is 6.54 Å². The zero-order valence-corrected chi connectivity index (χ0v) is 14.5. The Morgan fingerprint density at radius 1 is 0.893 bits per heavy atom. The quantitative estimate of drug-likeness (QED) is 0.473. The third-order valence-electron chi connectivity index (χ3n) is 4.45. The average molecular weight is 381 g/mol. The minimum Gasteiger partial charge on any atom is -0.282 e. The molecule has 0 saturated heterocycles. The maximum atomic E-state index is 13.0. The highest BCUT2D eigenvalue weighted by Crippen LogP contribution is 2.29. The number of hydrogen-bond acceptors (Lipinski definition) is 3. The van der Waals surface area contributed by atoms with Gasteiger partial charge in [0.15, 0.2) is 5.69 Å². The third kappa shape index (κ3) is 3.26. The lowest BCUT2D eigenvalue weighted by Gasteiger charge is -2.11. The Labute approximate surface area is 158 Å². The van der Waals surface area contributed by atoms with E-state index in [1.165, 1.54) is 4.68 Å². The molecule has 0 fully saturated rings. The molecule has 4 aromatic rings. The van der Waals surface area contributed by atoms with Crippen molar-refractivity contribution < 1.29 is 18.0 Å². The lowest BCUT2D eigenvalue weighted by atomic mass is 10.0. The van der Waals surface area contributed by atoms with Gasteiger partial charge in [-0.3, -0.25) is 4.79 Å². The van der Waals surface area contributed by atoms with Crippen LogP contribution >= 0.6 is 0 Å². The van der Waals surface area contributed by atoms with Crippen LogP contribution in [0.25, 0.3) is 22.0 Å². The van der Waals surface area contributed by atoms with E-state index in [4.69, 9.17) is 0 Å². The summed E-state index contributed by atoms with van der Waals surface area (Å²) in [5, 5.41) is 9.42. The number of halogens is 3. The molecule has 0 saturated carbocycles. The van der Waals surface area contributed by atoms with E-state index in [2.05, 4.69) is 10.3 Å². The number of carbonyl (C=O) groups excluding carboxylic acids is 1. The van der Waals surface area contributed by atoms with Crippen LogP contribution < -0.4 is 0 Å². The fourth-order valence-electron chi connectivity index (χ4n) is 3.18. The minimum absolute atomic E-state index is 0.0517. The molecule has 4 rings (SSSR count). The smallest absolute Gasteiger partial charge is 0.282 e. The molecule has 28 heavy (non-hydrogen) atoms. The Kier molecular flexibility index (Phi) is 4.43. The molecule has 4 nitrogen and oxygen atoms in total. The number of Topliss-reactive ketones (excluding diaryl/α,β-unsaturated/α-hetero) is 1. The first-order valence-electron chi connectivity index (χ1n) is 8.52. The van der Waals surface area contributed by atoms with Gasteiger partial charge in [0.2, 0.25) is 0 Å². The van der Waals surface area contributed by atoms with Gasteiger partial charge >= 0.3 is 6.18 Å². The van der Waals surface area contributed by atoms with Gasteiger partial charge in [0.25, 0.3) is 5.78 Å². The van der Waals surface area contributed by atoms with Gasteiger partial charge in [-0.25, -0.2) is 4.68 Å². The molecule has 0 atom stereocenters. The Balaban J connectivity index is 1.86. The van der Waals surface area contributed by atoms with Crippen molar-refractivity contribution in [2.45, 2.75) is 12.7 Å². The summed E-state index contributed by atoms with van der Waals surface area (Å²) < 4.78 is 40.5. The summed E-state index contributed by atoms with van der Waals surface area (Å²) >= 11 is 0. The molecule has 0 aliphatic rings. The van der Waals surface area contributed by atoms with E-state index in [0.717, 1.165) is 16.3 Å². The van der Waals surface area contributed by atoms with Crippen LogP contribution in [0.1, 0.15) is 16.1 Å². The van der Waals surface area contributed by atoms with Crippen LogP contribution in [-0.4, -0.2) is 27.0 Å². The zero-order valence-electron chi connectivity index (χ0n) is 14.5. The van der Waals surface area contributed by atoms with Crippen molar-refractivity contribution in [2.24, 2.45) is 0 Å². The minimum atomic E-state index is -5.02. The highest BCUT2D eigenvalue weighted by atomic mass is 19.4. The van der Waals surface area contributed by atoms with Gasteiger partial charge in [0.05, 0.1) is 6.54 Å². The molecule has 7 heteroatoms. The molecule has 0 amide bonds. The van der Waals surface area contributed by atoms with E-state index in [1.54, 1.807) is 30.3 Å². The molecule has 0 radical (unpaired) electrons. The van der Waals surface area contributed by atoms with E-state index in [9.17, 15) is 18.0 Å². The molecule has 1 aromatic heterocycles. The Morgan fingerprint density at radius 3 is 2.32 bits per heavy atom. The lowest BCUT2D eigenvalue weighted by Crippen LogP contribution is -2.24. The van der Waals surface area contributed by atoms with Gasteiger partial charge in [0.1, 0.15) is 5.69 Å². The number of carbonyl (C=O) groups is 1. The maximum absolute atomic E-state index is 13.0. The largest absolute Gasteiger partial charge is 0.456 e. The van der Waals surface area contributed by atoms with E-state index in [1.807, 2.05) is 42.5 Å². The van der Waals surface area contributed by atoms with Crippen LogP contribution in [0.5, 0.6) is 0 Å². The van der Waals surface area contributed by atoms with Crippen LogP contribution in [0.2, 0.25) is 0 Å². The molecule has 1 heterocycles. The molecule has 0 bridgehead atoms. The molecule has 0 unspecified atom stereocenters. The normalized spacial score (nSPS) is 11.7. The van der Waals surface area contributed by atoms with Gasteiger partial charge < -0.3 is 0 Å². The SMILES string of the molecule is O=C(c1nnn(Cc2cccc3ccccc23)c1-c1ccccc1)C(F)(F)F. The summed E-state index contributed by atoms with van der Waals surface area (Å²) in [4.78, 5) is 11.9. The average Bonchev–Trinajstić information content (AvgIpc) is 3.11. The summed E-state index contributed by atoms with van der Waals surface area (Å²) in [6, 6.07) is 21.8. The number of aromatic nitrogens is 3. The number of rotatable bonds is 4. The van der Waals surface area contributed by atoms with Crippen molar-refractivity contribution >= 4 is 16.6 Å². The summed E-state index contributed by atoms with van der Waals surface area (Å²) in [5.41, 5.74) is 0.668. The number of nitrogens with zero attached hydrogens (tertiary/aromatic N) is 3. The molecule has 0 aliphatic heterocycles. The van der Waals surface area contributed by atoms with Crippen molar-refractivity contribution in [3.05, 3.63) is 84.1 Å². The van der Waals surface area contributed by atoms with Crippen LogP contribution in [0.3, 0.4) is 0 Å². The monoisotopic (exact) mass is 381 g/mol. The van der Waals surface area contributed by atoms with E-state index in [0.29, 0.717) is 5.56 Å². The number of alkyl halides is 3. The van der Waals surface area contributed by atoms with Crippen molar-refractivity contribution in [2.75, 3.05) is 0 Å². The molecule has 0 spiro atoms. The van der Waals surface area contributed by atoms with Crippen molar-refractivity contribution in [3.8, 4) is 11.3 Å². The number of ketones is 1. The van der Waals surface area contributed by atoms with Gasteiger partial charge in [-0.1, -0.05) is 78.0 Å². The third-order valence-corrected chi connectivity index (χ3v) is 4.45. The molecule has 0 aliphatic carbocycles. The highest BCUT2D eigenvalue weighted by Gasteiger charge is 2.43. The highest BCUT2D eigenvalue weighted by molar-refractivity contribution is 6.03. The Hall–Kier alpha value is -3.48. The molecule has 0 N–H and O–H groups in total. The molecule has 140 valence electrons. The summed E-state index contributed by atoms with van der Waals surface area (Å²) in [5.74, 6) is -2.00. The molecule has 3 aromatic carbocycles. The van der Waals surface area contributed by atoms with Crippen LogP contribution in [0.15, 0.2) is 72.8 Å². The fraction of sp³-hybridized carbons (Fsp3) is 0.0952. The summed E-state index contributed by atoms with van der Waals surface area (Å²) in [7, 11) is 0. The second-order valence-corrected chi connectivity index (χ2v) is 6.28. The van der Waals surface area contributed by atoms with Crippen LogP contribution in [0, 0.1) is 0 Å². The molecular formula is C21H14F3N3O. The Bertz CT molecular complexity index is 1150. The van der Waals surface area contributed by atoms with Crippen molar-refractivity contribution in [1.29, 1.82) is 0 Å². The van der Waals surface area contributed by atoms with Crippen LogP contribution in [0.4, 0.5) is 13.2 Å². The standard InChI is InChI=1S/C21H14F3N3O/c22-21(23,24)20(28)18-19(15-8-2-1-3-9-15)27(26-25-18)13-16-11-6-10-14-7-4-5-12-17(14)16/h1-12H,13H2. The van der Waals surface area contributed by atoms with Crippen molar-refractivity contribution in [1.82, 2.24) is 15.0 Å². The topological polar surface area (TPSA) is 47.8 Å². The second kappa shape index (κ2) is 6.92. The predicted molar refractivity (Wildman–Crippen MR) is 98.9 cm³/mol. The number of fused-ring (bicyclic) bond motifs is 1. The fourth-order valence-corrected chi connectivity index (χ4v) is 3.18. The maximum Gasteiger partial charge on any atom is 0.456 e.